The summed E-state index contributed by atoms with van der Waals surface area (Å²) in [5, 5.41) is 0. The molecule has 2 heterocycles. The molecule has 0 radical (unpaired) electrons. The predicted octanol–water partition coefficient (Wildman–Crippen LogP) is 9.80. The molecule has 0 amide bonds. The highest BCUT2D eigenvalue weighted by atomic mass is 19.3. The number of hydrogen-bond donors (Lipinski definition) is 0. The van der Waals surface area contributed by atoms with Gasteiger partial charge in [0.25, 0.3) is 0 Å². The second kappa shape index (κ2) is 14.7. The molecule has 0 spiro atoms. The van der Waals surface area contributed by atoms with E-state index in [4.69, 9.17) is 14.5 Å². The summed E-state index contributed by atoms with van der Waals surface area (Å²) in [6.45, 7) is 8.40. The monoisotopic (exact) mass is 673 g/mol. The molecule has 0 aliphatic carbocycles. The molecule has 1 aliphatic rings. The van der Waals surface area contributed by atoms with Gasteiger partial charge in [0, 0.05) is 37.3 Å². The lowest BCUT2D eigenvalue weighted by atomic mass is 10.0. The molecule has 5 aromatic rings. The quantitative estimate of drug-likeness (QED) is 0.110. The Morgan fingerprint density at radius 1 is 0.816 bits per heavy atom. The maximum Gasteiger partial charge on any atom is 0.461 e. The van der Waals surface area contributed by atoms with Crippen molar-refractivity contribution in [3.8, 4) is 39.9 Å². The zero-order chi connectivity index (χ0) is 34.5. The zero-order valence-corrected chi connectivity index (χ0v) is 27.8. The van der Waals surface area contributed by atoms with Crippen molar-refractivity contribution in [2.45, 2.75) is 72.3 Å². The van der Waals surface area contributed by atoms with Crippen molar-refractivity contribution in [1.82, 2.24) is 14.5 Å². The molecule has 256 valence electrons. The van der Waals surface area contributed by atoms with Crippen LogP contribution in [0.2, 0.25) is 0 Å². The van der Waals surface area contributed by atoms with E-state index in [0.717, 1.165) is 64.4 Å². The van der Waals surface area contributed by atoms with Crippen LogP contribution in [0.4, 0.5) is 17.6 Å². The topological polar surface area (TPSA) is 48.8 Å². The maximum atomic E-state index is 13.8. The second-order valence-corrected chi connectivity index (χ2v) is 12.4. The van der Waals surface area contributed by atoms with Gasteiger partial charge >= 0.3 is 12.5 Å². The fraction of sp³-hybridized carbons (Fsp3) is 0.308. The average Bonchev–Trinajstić information content (AvgIpc) is 3.68. The van der Waals surface area contributed by atoms with Gasteiger partial charge in [-0.1, -0.05) is 79.1 Å². The van der Waals surface area contributed by atoms with Crippen LogP contribution in [0.5, 0.6) is 17.2 Å². The predicted molar refractivity (Wildman–Crippen MR) is 181 cm³/mol. The van der Waals surface area contributed by atoms with Crippen molar-refractivity contribution in [3.05, 3.63) is 119 Å². The van der Waals surface area contributed by atoms with Crippen molar-refractivity contribution < 1.29 is 31.8 Å². The molecule has 1 aromatic heterocycles. The standard InChI is InChI=1S/C39H39F4N3O3/c1-4-5-16-46-33(36(31-18-26(2)17-27(3)19-31)44-37(46)30-11-7-6-8-12-30)24-45(23-29-14-15-34-35(21-29)48-25-47-34)22-28-10-9-13-32(20-28)49-39(42,43)38(40)41/h6-15,17-21,38H,4-5,16,22-25H2,1-3H3. The molecule has 49 heavy (non-hydrogen) atoms. The number of halogens is 4. The molecule has 0 saturated heterocycles. The second-order valence-electron chi connectivity index (χ2n) is 12.4. The average molecular weight is 674 g/mol. The fourth-order valence-electron chi connectivity index (χ4n) is 6.20. The zero-order valence-electron chi connectivity index (χ0n) is 27.8. The third kappa shape index (κ3) is 8.08. The minimum Gasteiger partial charge on any atom is -0.454 e. The first-order chi connectivity index (χ1) is 23.6. The van der Waals surface area contributed by atoms with Crippen molar-refractivity contribution in [3.63, 3.8) is 0 Å². The van der Waals surface area contributed by atoms with E-state index in [1.807, 2.05) is 36.4 Å². The number of ether oxygens (including phenoxy) is 3. The Bertz CT molecular complexity index is 1870. The molecule has 0 unspecified atom stereocenters. The number of fused-ring (bicyclic) bond motifs is 1. The number of hydrogen-bond acceptors (Lipinski definition) is 5. The first-order valence-corrected chi connectivity index (χ1v) is 16.4. The van der Waals surface area contributed by atoms with Gasteiger partial charge < -0.3 is 18.8 Å². The van der Waals surface area contributed by atoms with Gasteiger partial charge in [0.15, 0.2) is 11.5 Å². The Morgan fingerprint density at radius 2 is 1.53 bits per heavy atom. The van der Waals surface area contributed by atoms with Crippen molar-refractivity contribution in [2.24, 2.45) is 0 Å². The Morgan fingerprint density at radius 3 is 2.24 bits per heavy atom. The smallest absolute Gasteiger partial charge is 0.454 e. The summed E-state index contributed by atoms with van der Waals surface area (Å²) in [4.78, 5) is 7.48. The van der Waals surface area contributed by atoms with Crippen LogP contribution in [0.3, 0.4) is 0 Å². The highest BCUT2D eigenvalue weighted by molar-refractivity contribution is 5.69. The molecule has 0 fully saturated rings. The fourth-order valence-corrected chi connectivity index (χ4v) is 6.20. The maximum absolute atomic E-state index is 13.8. The van der Waals surface area contributed by atoms with E-state index in [1.165, 1.54) is 18.2 Å². The summed E-state index contributed by atoms with van der Waals surface area (Å²) < 4.78 is 71.5. The third-order valence-corrected chi connectivity index (χ3v) is 8.36. The summed E-state index contributed by atoms with van der Waals surface area (Å²) in [6.07, 6.45) is -6.63. The van der Waals surface area contributed by atoms with Crippen LogP contribution in [-0.2, 0) is 26.2 Å². The van der Waals surface area contributed by atoms with Gasteiger partial charge in [0.2, 0.25) is 6.79 Å². The van der Waals surface area contributed by atoms with E-state index in [1.54, 1.807) is 6.07 Å². The number of aryl methyl sites for hydroxylation is 2. The lowest BCUT2D eigenvalue weighted by Crippen LogP contribution is -2.33. The van der Waals surface area contributed by atoms with E-state index >= 15 is 0 Å². The number of alkyl halides is 4. The highest BCUT2D eigenvalue weighted by Gasteiger charge is 2.44. The molecule has 10 heteroatoms. The van der Waals surface area contributed by atoms with Crippen LogP contribution in [0.25, 0.3) is 22.6 Å². The molecular formula is C39H39F4N3O3. The summed E-state index contributed by atoms with van der Waals surface area (Å²) in [7, 11) is 0. The Balaban J connectivity index is 1.45. The normalized spacial score (nSPS) is 12.7. The molecule has 0 atom stereocenters. The van der Waals surface area contributed by atoms with Gasteiger partial charge in [0.05, 0.1) is 11.4 Å². The summed E-state index contributed by atoms with van der Waals surface area (Å²) >= 11 is 0. The van der Waals surface area contributed by atoms with Crippen LogP contribution < -0.4 is 14.2 Å². The van der Waals surface area contributed by atoms with Crippen LogP contribution in [-0.4, -0.2) is 33.8 Å². The van der Waals surface area contributed by atoms with Gasteiger partial charge in [-0.2, -0.15) is 17.6 Å². The first-order valence-electron chi connectivity index (χ1n) is 16.4. The van der Waals surface area contributed by atoms with Crippen LogP contribution in [0, 0.1) is 13.8 Å². The molecule has 1 aliphatic heterocycles. The molecule has 0 bridgehead atoms. The number of imidazole rings is 1. The van der Waals surface area contributed by atoms with Crippen molar-refractivity contribution >= 4 is 0 Å². The van der Waals surface area contributed by atoms with Crippen LogP contribution in [0.15, 0.2) is 91.0 Å². The minimum atomic E-state index is -4.61. The van der Waals surface area contributed by atoms with E-state index < -0.39 is 12.5 Å². The molecule has 6 rings (SSSR count). The number of benzene rings is 4. The number of nitrogens with zero attached hydrogens (tertiary/aromatic N) is 3. The van der Waals surface area contributed by atoms with E-state index in [0.29, 0.717) is 36.7 Å². The Hall–Kier alpha value is -4.83. The molecular weight excluding hydrogens is 634 g/mol. The lowest BCUT2D eigenvalue weighted by molar-refractivity contribution is -0.253. The molecule has 4 aromatic carbocycles. The number of rotatable bonds is 14. The Labute approximate surface area is 283 Å². The number of aromatic nitrogens is 2. The number of unbranched alkanes of at least 4 members (excludes halogenated alkanes) is 1. The van der Waals surface area contributed by atoms with Crippen LogP contribution >= 0.6 is 0 Å². The van der Waals surface area contributed by atoms with Gasteiger partial charge in [0.1, 0.15) is 11.6 Å². The Kier molecular flexibility index (Phi) is 10.2. The minimum absolute atomic E-state index is 0.149. The van der Waals surface area contributed by atoms with E-state index in [2.05, 4.69) is 65.3 Å². The van der Waals surface area contributed by atoms with E-state index in [-0.39, 0.29) is 12.5 Å². The van der Waals surface area contributed by atoms with Gasteiger partial charge in [-0.25, -0.2) is 4.98 Å². The van der Waals surface area contributed by atoms with Gasteiger partial charge in [-0.3, -0.25) is 4.90 Å². The molecule has 6 nitrogen and oxygen atoms in total. The third-order valence-electron chi connectivity index (χ3n) is 8.36. The first kappa shape index (κ1) is 34.0. The lowest BCUT2D eigenvalue weighted by Gasteiger charge is -2.25. The molecule has 0 saturated carbocycles. The van der Waals surface area contributed by atoms with Crippen LogP contribution in [0.1, 0.15) is 47.7 Å². The van der Waals surface area contributed by atoms with Crippen molar-refractivity contribution in [2.75, 3.05) is 6.79 Å². The van der Waals surface area contributed by atoms with Gasteiger partial charge in [-0.15, -0.1) is 0 Å². The van der Waals surface area contributed by atoms with Crippen molar-refractivity contribution in [1.29, 1.82) is 0 Å². The largest absolute Gasteiger partial charge is 0.461 e. The van der Waals surface area contributed by atoms with Gasteiger partial charge in [-0.05, 0) is 67.8 Å². The summed E-state index contributed by atoms with van der Waals surface area (Å²) in [6, 6.07) is 28.3. The van der Waals surface area contributed by atoms with E-state index in [9.17, 15) is 17.6 Å². The summed E-state index contributed by atoms with van der Waals surface area (Å²) in [5.74, 6) is 1.85. The molecule has 0 N–H and O–H groups in total. The highest BCUT2D eigenvalue weighted by Crippen LogP contribution is 2.36. The summed E-state index contributed by atoms with van der Waals surface area (Å²) in [5.41, 5.74) is 7.71. The SMILES string of the molecule is CCCCn1c(-c2ccccc2)nc(-c2cc(C)cc(C)c2)c1CN(Cc1cccc(OC(F)(F)C(F)F)c1)Cc1ccc2c(c1)OCO2.